The highest BCUT2D eigenvalue weighted by molar-refractivity contribution is 7.99. The molecule has 37 heavy (non-hydrogen) atoms. The van der Waals surface area contributed by atoms with Gasteiger partial charge in [-0.15, -0.1) is 10.2 Å². The first-order valence-corrected chi connectivity index (χ1v) is 12.6. The Bertz CT molecular complexity index is 1390. The van der Waals surface area contributed by atoms with E-state index in [4.69, 9.17) is 4.74 Å². The molecule has 2 amide bonds. The Morgan fingerprint density at radius 2 is 1.81 bits per heavy atom. The Morgan fingerprint density at radius 1 is 1.03 bits per heavy atom. The number of ether oxygens (including phenoxy) is 1. The molecular formula is C27H26FN5O3S. The second-order valence-electron chi connectivity index (χ2n) is 8.06. The van der Waals surface area contributed by atoms with Crippen LogP contribution in [0.4, 0.5) is 10.1 Å². The number of benzene rings is 3. The summed E-state index contributed by atoms with van der Waals surface area (Å²) in [4.78, 5) is 25.1. The molecule has 0 atom stereocenters. The highest BCUT2D eigenvalue weighted by Crippen LogP contribution is 2.23. The molecule has 0 aliphatic carbocycles. The van der Waals surface area contributed by atoms with Crippen LogP contribution in [0.3, 0.4) is 0 Å². The molecule has 190 valence electrons. The number of nitrogens with one attached hydrogen (secondary N) is 2. The maximum atomic E-state index is 13.5. The number of carbonyl (C=O) groups excluding carboxylic acids is 2. The average Bonchev–Trinajstić information content (AvgIpc) is 3.30. The van der Waals surface area contributed by atoms with E-state index >= 15 is 0 Å². The van der Waals surface area contributed by atoms with Crippen LogP contribution in [0.15, 0.2) is 78.0 Å². The first-order chi connectivity index (χ1) is 17.9. The van der Waals surface area contributed by atoms with Crippen LogP contribution in [0.5, 0.6) is 5.75 Å². The number of hydrogen-bond acceptors (Lipinski definition) is 6. The molecule has 0 unspecified atom stereocenters. The van der Waals surface area contributed by atoms with Crippen LogP contribution < -0.4 is 15.4 Å². The van der Waals surface area contributed by atoms with Crippen molar-refractivity contribution in [2.75, 3.05) is 17.7 Å². The molecule has 1 aromatic heterocycles. The van der Waals surface area contributed by atoms with E-state index in [0.29, 0.717) is 23.3 Å². The summed E-state index contributed by atoms with van der Waals surface area (Å²) >= 11 is 1.23. The second kappa shape index (κ2) is 12.2. The van der Waals surface area contributed by atoms with Gasteiger partial charge in [0.15, 0.2) is 11.0 Å². The van der Waals surface area contributed by atoms with Crippen molar-refractivity contribution in [3.63, 3.8) is 0 Å². The van der Waals surface area contributed by atoms with E-state index in [0.717, 1.165) is 17.0 Å². The van der Waals surface area contributed by atoms with E-state index in [1.54, 1.807) is 28.8 Å². The first kappa shape index (κ1) is 25.9. The summed E-state index contributed by atoms with van der Waals surface area (Å²) in [5, 5.41) is 14.6. The second-order valence-corrected chi connectivity index (χ2v) is 9.00. The minimum Gasteiger partial charge on any atom is -0.494 e. The number of anilines is 1. The van der Waals surface area contributed by atoms with Gasteiger partial charge in [-0.1, -0.05) is 30.0 Å². The van der Waals surface area contributed by atoms with E-state index < -0.39 is 11.7 Å². The summed E-state index contributed by atoms with van der Waals surface area (Å²) < 4.78 is 20.7. The SMILES string of the molecule is CCOc1ccc(NC(=O)CSc2nnc(CNC(=O)c3cccc(F)c3)n2-c2cccc(C)c2)cc1. The zero-order chi connectivity index (χ0) is 26.2. The Hall–Kier alpha value is -4.18. The normalized spacial score (nSPS) is 10.7. The fourth-order valence-corrected chi connectivity index (χ4v) is 4.32. The minimum absolute atomic E-state index is 0.0647. The Balaban J connectivity index is 1.47. The highest BCUT2D eigenvalue weighted by atomic mass is 32.2. The fraction of sp³-hybridized carbons (Fsp3) is 0.185. The third-order valence-electron chi connectivity index (χ3n) is 5.24. The Morgan fingerprint density at radius 3 is 2.54 bits per heavy atom. The molecule has 4 aromatic rings. The molecule has 1 heterocycles. The van der Waals surface area contributed by atoms with Crippen LogP contribution in [0.1, 0.15) is 28.7 Å². The molecule has 3 aromatic carbocycles. The lowest BCUT2D eigenvalue weighted by Gasteiger charge is -2.12. The lowest BCUT2D eigenvalue weighted by Crippen LogP contribution is -2.24. The molecule has 0 aliphatic heterocycles. The predicted molar refractivity (Wildman–Crippen MR) is 141 cm³/mol. The van der Waals surface area contributed by atoms with Crippen LogP contribution in [-0.4, -0.2) is 38.9 Å². The highest BCUT2D eigenvalue weighted by Gasteiger charge is 2.17. The number of halogens is 1. The minimum atomic E-state index is -0.488. The lowest BCUT2D eigenvalue weighted by atomic mass is 10.2. The third-order valence-corrected chi connectivity index (χ3v) is 6.16. The van der Waals surface area contributed by atoms with Crippen molar-refractivity contribution in [3.8, 4) is 11.4 Å². The van der Waals surface area contributed by atoms with Crippen LogP contribution in [-0.2, 0) is 11.3 Å². The largest absolute Gasteiger partial charge is 0.494 e. The number of carbonyl (C=O) groups is 2. The maximum Gasteiger partial charge on any atom is 0.251 e. The topological polar surface area (TPSA) is 98.1 Å². The van der Waals surface area contributed by atoms with Gasteiger partial charge in [-0.2, -0.15) is 0 Å². The van der Waals surface area contributed by atoms with E-state index in [-0.39, 0.29) is 23.8 Å². The molecule has 2 N–H and O–H groups in total. The van der Waals surface area contributed by atoms with Crippen LogP contribution in [0.2, 0.25) is 0 Å². The standard InChI is InChI=1S/C27H26FN5O3S/c1-3-36-23-12-10-21(11-13-23)30-25(34)17-37-27-32-31-24(33(27)22-9-4-6-18(2)14-22)16-29-26(35)19-7-5-8-20(28)15-19/h4-15H,3,16-17H2,1-2H3,(H,29,35)(H,30,34). The number of thioether (sulfide) groups is 1. The molecule has 0 spiro atoms. The van der Waals surface area contributed by atoms with Crippen molar-refractivity contribution in [3.05, 3.63) is 95.6 Å². The zero-order valence-electron chi connectivity index (χ0n) is 20.4. The average molecular weight is 520 g/mol. The number of aromatic nitrogens is 3. The van der Waals surface area contributed by atoms with E-state index in [1.807, 2.05) is 38.1 Å². The molecule has 0 saturated carbocycles. The summed E-state index contributed by atoms with van der Waals surface area (Å²) in [6, 6.07) is 20.4. The van der Waals surface area contributed by atoms with Gasteiger partial charge < -0.3 is 15.4 Å². The predicted octanol–water partition coefficient (Wildman–Crippen LogP) is 4.77. The van der Waals surface area contributed by atoms with Gasteiger partial charge in [0.1, 0.15) is 11.6 Å². The Kier molecular flexibility index (Phi) is 8.52. The molecule has 8 nitrogen and oxygen atoms in total. The molecule has 0 bridgehead atoms. The summed E-state index contributed by atoms with van der Waals surface area (Å²) in [5.41, 5.74) is 2.71. The molecule has 4 rings (SSSR count). The van der Waals surface area contributed by atoms with E-state index in [9.17, 15) is 14.0 Å². The summed E-state index contributed by atoms with van der Waals surface area (Å²) in [5.74, 6) is 0.198. The summed E-state index contributed by atoms with van der Waals surface area (Å²) in [6.45, 7) is 4.51. The van der Waals surface area contributed by atoms with Gasteiger partial charge in [0.25, 0.3) is 5.91 Å². The smallest absolute Gasteiger partial charge is 0.251 e. The van der Waals surface area contributed by atoms with Gasteiger partial charge in [0, 0.05) is 16.9 Å². The monoisotopic (exact) mass is 519 g/mol. The van der Waals surface area contributed by atoms with Crippen molar-refractivity contribution in [1.82, 2.24) is 20.1 Å². The zero-order valence-corrected chi connectivity index (χ0v) is 21.2. The lowest BCUT2D eigenvalue weighted by molar-refractivity contribution is -0.113. The fourth-order valence-electron chi connectivity index (χ4n) is 3.55. The maximum absolute atomic E-state index is 13.5. The first-order valence-electron chi connectivity index (χ1n) is 11.6. The number of rotatable bonds is 10. The van der Waals surface area contributed by atoms with Crippen molar-refractivity contribution < 1.29 is 18.7 Å². The Labute approximate surface area is 218 Å². The van der Waals surface area contributed by atoms with Gasteiger partial charge >= 0.3 is 0 Å². The van der Waals surface area contributed by atoms with Gasteiger partial charge in [0.2, 0.25) is 5.91 Å². The van der Waals surface area contributed by atoms with Crippen molar-refractivity contribution in [2.24, 2.45) is 0 Å². The molecule has 0 fully saturated rings. The van der Waals surface area contributed by atoms with Gasteiger partial charge in [-0.3, -0.25) is 14.2 Å². The molecule has 0 aliphatic rings. The van der Waals surface area contributed by atoms with Crippen molar-refractivity contribution in [2.45, 2.75) is 25.5 Å². The van der Waals surface area contributed by atoms with E-state index in [2.05, 4.69) is 20.8 Å². The number of hydrogen-bond donors (Lipinski definition) is 2. The van der Waals surface area contributed by atoms with Gasteiger partial charge in [0.05, 0.1) is 18.9 Å². The van der Waals surface area contributed by atoms with Crippen LogP contribution in [0, 0.1) is 12.7 Å². The number of aryl methyl sites for hydroxylation is 1. The summed E-state index contributed by atoms with van der Waals surface area (Å²) in [6.07, 6.45) is 0. The summed E-state index contributed by atoms with van der Waals surface area (Å²) in [7, 11) is 0. The molecular weight excluding hydrogens is 493 g/mol. The van der Waals surface area contributed by atoms with Crippen molar-refractivity contribution >= 4 is 29.3 Å². The van der Waals surface area contributed by atoms with E-state index in [1.165, 1.54) is 36.0 Å². The van der Waals surface area contributed by atoms with Crippen LogP contribution in [0.25, 0.3) is 5.69 Å². The quantitative estimate of drug-likeness (QED) is 0.293. The molecule has 10 heteroatoms. The molecule has 0 saturated heterocycles. The van der Waals surface area contributed by atoms with Crippen LogP contribution >= 0.6 is 11.8 Å². The number of nitrogens with zero attached hydrogens (tertiary/aromatic N) is 3. The van der Waals surface area contributed by atoms with Gasteiger partial charge in [-0.25, -0.2) is 4.39 Å². The number of amides is 2. The molecule has 0 radical (unpaired) electrons. The van der Waals surface area contributed by atoms with Gasteiger partial charge in [-0.05, 0) is 74.0 Å². The third kappa shape index (κ3) is 6.95. The van der Waals surface area contributed by atoms with Crippen molar-refractivity contribution in [1.29, 1.82) is 0 Å².